The van der Waals surface area contributed by atoms with Crippen molar-refractivity contribution in [1.29, 1.82) is 0 Å². The summed E-state index contributed by atoms with van der Waals surface area (Å²) in [7, 11) is 0. The number of carbonyl (C=O) groups excluding carboxylic acids is 1. The number of piperazine rings is 1. The van der Waals surface area contributed by atoms with Crippen LogP contribution in [0.2, 0.25) is 0 Å². The minimum atomic E-state index is 0.230. The second-order valence-corrected chi connectivity index (χ2v) is 4.67. The number of rotatable bonds is 3. The van der Waals surface area contributed by atoms with Crippen LogP contribution in [0.25, 0.3) is 0 Å². The van der Waals surface area contributed by atoms with Crippen molar-refractivity contribution in [3.05, 3.63) is 0 Å². The van der Waals surface area contributed by atoms with Gasteiger partial charge in [-0.15, -0.1) is 0 Å². The van der Waals surface area contributed by atoms with Crippen LogP contribution in [-0.2, 0) is 4.79 Å². The van der Waals surface area contributed by atoms with Crippen molar-refractivity contribution < 1.29 is 4.79 Å². The summed E-state index contributed by atoms with van der Waals surface area (Å²) in [5.41, 5.74) is 0. The molecule has 1 amide bonds. The molecule has 0 atom stereocenters. The summed E-state index contributed by atoms with van der Waals surface area (Å²) in [6, 6.07) is 0. The predicted molar refractivity (Wildman–Crippen MR) is 59.7 cm³/mol. The summed E-state index contributed by atoms with van der Waals surface area (Å²) in [5.74, 6) is 0.984. The Morgan fingerprint density at radius 1 is 1.33 bits per heavy atom. The summed E-state index contributed by atoms with van der Waals surface area (Å²) in [6.45, 7) is 9.47. The van der Waals surface area contributed by atoms with Crippen LogP contribution in [0.1, 0.15) is 13.3 Å². The highest BCUT2D eigenvalue weighted by Gasteiger charge is 2.28. The fourth-order valence-electron chi connectivity index (χ4n) is 2.31. The zero-order valence-electron chi connectivity index (χ0n) is 9.54. The van der Waals surface area contributed by atoms with Gasteiger partial charge in [-0.05, 0) is 18.9 Å². The highest BCUT2D eigenvalue weighted by Crippen LogP contribution is 2.19. The van der Waals surface area contributed by atoms with E-state index in [1.165, 1.54) is 26.1 Å². The molecule has 0 aliphatic carbocycles. The first-order valence-electron chi connectivity index (χ1n) is 5.94. The third-order valence-corrected chi connectivity index (χ3v) is 3.47. The topological polar surface area (TPSA) is 35.6 Å². The van der Waals surface area contributed by atoms with Crippen LogP contribution in [-0.4, -0.2) is 61.5 Å². The molecule has 4 heteroatoms. The van der Waals surface area contributed by atoms with Gasteiger partial charge in [-0.25, -0.2) is 0 Å². The van der Waals surface area contributed by atoms with Gasteiger partial charge in [-0.3, -0.25) is 4.79 Å². The molecule has 2 aliphatic heterocycles. The van der Waals surface area contributed by atoms with Crippen LogP contribution in [0.15, 0.2) is 0 Å². The minimum absolute atomic E-state index is 0.230. The molecule has 2 aliphatic rings. The van der Waals surface area contributed by atoms with Gasteiger partial charge in [0.05, 0.1) is 0 Å². The molecule has 0 unspecified atom stereocenters. The van der Waals surface area contributed by atoms with E-state index in [4.69, 9.17) is 0 Å². The zero-order valence-corrected chi connectivity index (χ0v) is 9.54. The maximum Gasteiger partial charge on any atom is 0.219 e. The van der Waals surface area contributed by atoms with Crippen molar-refractivity contribution in [2.45, 2.75) is 13.3 Å². The van der Waals surface area contributed by atoms with Crippen molar-refractivity contribution in [3.63, 3.8) is 0 Å². The third kappa shape index (κ3) is 2.92. The Hall–Kier alpha value is -0.610. The molecule has 2 heterocycles. The Morgan fingerprint density at radius 2 is 2.00 bits per heavy atom. The maximum atomic E-state index is 11.0. The molecule has 0 spiro atoms. The van der Waals surface area contributed by atoms with Gasteiger partial charge in [0.1, 0.15) is 0 Å². The first-order chi connectivity index (χ1) is 7.25. The van der Waals surface area contributed by atoms with Crippen molar-refractivity contribution in [2.24, 2.45) is 5.92 Å². The van der Waals surface area contributed by atoms with Crippen LogP contribution < -0.4 is 5.32 Å². The molecule has 2 rings (SSSR count). The smallest absolute Gasteiger partial charge is 0.219 e. The van der Waals surface area contributed by atoms with E-state index in [0.29, 0.717) is 0 Å². The molecule has 0 aromatic rings. The largest absolute Gasteiger partial charge is 0.342 e. The van der Waals surface area contributed by atoms with E-state index in [1.807, 2.05) is 4.90 Å². The van der Waals surface area contributed by atoms with Gasteiger partial charge in [0.25, 0.3) is 0 Å². The summed E-state index contributed by atoms with van der Waals surface area (Å²) in [4.78, 5) is 15.4. The number of likely N-dealkylation sites (tertiary alicyclic amines) is 1. The number of nitrogens with one attached hydrogen (secondary N) is 1. The van der Waals surface area contributed by atoms with Crippen LogP contribution in [0.5, 0.6) is 0 Å². The molecule has 0 radical (unpaired) electrons. The third-order valence-electron chi connectivity index (χ3n) is 3.47. The van der Waals surface area contributed by atoms with Crippen LogP contribution in [0.3, 0.4) is 0 Å². The SMILES string of the molecule is CC(=O)N1CC(CCN2CCNCC2)C1. The van der Waals surface area contributed by atoms with Crippen LogP contribution in [0.4, 0.5) is 0 Å². The normalized spacial score (nSPS) is 23.9. The summed E-state index contributed by atoms with van der Waals surface area (Å²) >= 11 is 0. The van der Waals surface area contributed by atoms with Gasteiger partial charge in [0.2, 0.25) is 5.91 Å². The highest BCUT2D eigenvalue weighted by atomic mass is 16.2. The Kier molecular flexibility index (Phi) is 3.59. The van der Waals surface area contributed by atoms with Crippen molar-refractivity contribution in [1.82, 2.24) is 15.1 Å². The average Bonchev–Trinajstić information content (AvgIpc) is 2.16. The number of carbonyl (C=O) groups is 1. The second kappa shape index (κ2) is 4.94. The summed E-state index contributed by atoms with van der Waals surface area (Å²) < 4.78 is 0. The van der Waals surface area contributed by atoms with Crippen LogP contribution >= 0.6 is 0 Å². The molecule has 0 aromatic heterocycles. The lowest BCUT2D eigenvalue weighted by molar-refractivity contribution is -0.135. The fraction of sp³-hybridized carbons (Fsp3) is 0.909. The first kappa shape index (κ1) is 10.9. The molecule has 0 saturated carbocycles. The van der Waals surface area contributed by atoms with Gasteiger partial charge in [0, 0.05) is 46.2 Å². The zero-order chi connectivity index (χ0) is 10.7. The van der Waals surface area contributed by atoms with Gasteiger partial charge in [0.15, 0.2) is 0 Å². The maximum absolute atomic E-state index is 11.0. The molecule has 4 nitrogen and oxygen atoms in total. The Bertz CT molecular complexity index is 220. The van der Waals surface area contributed by atoms with Crippen molar-refractivity contribution in [2.75, 3.05) is 45.8 Å². The van der Waals surface area contributed by atoms with Crippen molar-refractivity contribution >= 4 is 5.91 Å². The van der Waals surface area contributed by atoms with Gasteiger partial charge < -0.3 is 15.1 Å². The molecule has 0 aromatic carbocycles. The van der Waals surface area contributed by atoms with E-state index in [2.05, 4.69) is 10.2 Å². The molecule has 1 N–H and O–H groups in total. The molecule has 0 bridgehead atoms. The monoisotopic (exact) mass is 211 g/mol. The number of hydrogen-bond acceptors (Lipinski definition) is 3. The molecular weight excluding hydrogens is 190 g/mol. The van der Waals surface area contributed by atoms with E-state index in [0.717, 1.165) is 32.1 Å². The second-order valence-electron chi connectivity index (χ2n) is 4.67. The number of hydrogen-bond donors (Lipinski definition) is 1. The molecule has 86 valence electrons. The van der Waals surface area contributed by atoms with Crippen LogP contribution in [0, 0.1) is 5.92 Å². The molecular formula is C11H21N3O. The molecule has 2 fully saturated rings. The minimum Gasteiger partial charge on any atom is -0.342 e. The standard InChI is InChI=1S/C11H21N3O/c1-10(15)14-8-11(9-14)2-5-13-6-3-12-4-7-13/h11-12H,2-9H2,1H3. The lowest BCUT2D eigenvalue weighted by atomic mass is 9.96. The lowest BCUT2D eigenvalue weighted by Crippen LogP contribution is -2.51. The fourth-order valence-corrected chi connectivity index (χ4v) is 2.31. The highest BCUT2D eigenvalue weighted by molar-refractivity contribution is 5.74. The van der Waals surface area contributed by atoms with Gasteiger partial charge >= 0.3 is 0 Å². The Morgan fingerprint density at radius 3 is 2.60 bits per heavy atom. The molecule has 15 heavy (non-hydrogen) atoms. The van der Waals surface area contributed by atoms with E-state index in [-0.39, 0.29) is 5.91 Å². The first-order valence-corrected chi connectivity index (χ1v) is 5.94. The number of amides is 1. The average molecular weight is 211 g/mol. The van der Waals surface area contributed by atoms with E-state index >= 15 is 0 Å². The van der Waals surface area contributed by atoms with E-state index in [1.54, 1.807) is 6.92 Å². The van der Waals surface area contributed by atoms with Gasteiger partial charge in [-0.1, -0.05) is 0 Å². The van der Waals surface area contributed by atoms with E-state index < -0.39 is 0 Å². The molecule has 2 saturated heterocycles. The Balaban J connectivity index is 1.57. The predicted octanol–water partition coefficient (Wildman–Crippen LogP) is -0.240. The quantitative estimate of drug-likeness (QED) is 0.700. The van der Waals surface area contributed by atoms with E-state index in [9.17, 15) is 4.79 Å². The number of nitrogens with zero attached hydrogens (tertiary/aromatic N) is 2. The lowest BCUT2D eigenvalue weighted by Gasteiger charge is -2.40. The summed E-state index contributed by atoms with van der Waals surface area (Å²) in [5, 5.41) is 3.36. The summed E-state index contributed by atoms with van der Waals surface area (Å²) in [6.07, 6.45) is 1.25. The Labute approximate surface area is 91.6 Å². The van der Waals surface area contributed by atoms with Crippen molar-refractivity contribution in [3.8, 4) is 0 Å². The van der Waals surface area contributed by atoms with Gasteiger partial charge in [-0.2, -0.15) is 0 Å².